The van der Waals surface area contributed by atoms with Crippen molar-refractivity contribution in [2.75, 3.05) is 32.2 Å². The quantitative estimate of drug-likeness (QED) is 0.695. The largest absolute Gasteiger partial charge is 0.481 e. The van der Waals surface area contributed by atoms with Crippen LogP contribution in [0.2, 0.25) is 0 Å². The van der Waals surface area contributed by atoms with Crippen LogP contribution in [0.25, 0.3) is 5.57 Å². The van der Waals surface area contributed by atoms with E-state index in [1.165, 1.54) is 7.11 Å². The summed E-state index contributed by atoms with van der Waals surface area (Å²) in [6.07, 6.45) is 3.84. The second kappa shape index (κ2) is 10.2. The second-order valence-corrected chi connectivity index (χ2v) is 8.79. The monoisotopic (exact) mass is 449 g/mol. The van der Waals surface area contributed by atoms with E-state index in [-0.39, 0.29) is 23.4 Å². The maximum Gasteiger partial charge on any atom is 0.272 e. The lowest BCUT2D eigenvalue weighted by molar-refractivity contribution is -0.111. The first-order chi connectivity index (χ1) is 16.0. The van der Waals surface area contributed by atoms with Crippen LogP contribution in [0.15, 0.2) is 42.5 Å². The summed E-state index contributed by atoms with van der Waals surface area (Å²) in [5, 5.41) is 5.88. The highest BCUT2D eigenvalue weighted by Crippen LogP contribution is 2.38. The summed E-state index contributed by atoms with van der Waals surface area (Å²) in [6, 6.07) is 11.3. The van der Waals surface area contributed by atoms with Crippen molar-refractivity contribution in [3.63, 3.8) is 0 Å². The van der Waals surface area contributed by atoms with Gasteiger partial charge in [-0.25, -0.2) is 4.98 Å². The molecule has 1 aromatic carbocycles. The number of fused-ring (bicyclic) bond motifs is 1. The third kappa shape index (κ3) is 5.09. The molecule has 2 atom stereocenters. The Balaban J connectivity index is 1.55. The molecule has 2 amide bonds. The molecule has 2 heterocycles. The van der Waals surface area contributed by atoms with E-state index in [0.29, 0.717) is 48.7 Å². The highest BCUT2D eigenvalue weighted by atomic mass is 16.5. The molecular weight excluding hydrogens is 418 g/mol. The molecule has 2 aromatic rings. The van der Waals surface area contributed by atoms with E-state index in [4.69, 9.17) is 9.47 Å². The Morgan fingerprint density at radius 3 is 2.61 bits per heavy atom. The second-order valence-electron chi connectivity index (χ2n) is 8.79. The van der Waals surface area contributed by atoms with Crippen LogP contribution in [-0.2, 0) is 9.53 Å². The summed E-state index contributed by atoms with van der Waals surface area (Å²) in [4.78, 5) is 30.7. The molecule has 2 N–H and O–H groups in total. The lowest BCUT2D eigenvalue weighted by atomic mass is 9.78. The average molecular weight is 450 g/mol. The van der Waals surface area contributed by atoms with E-state index in [2.05, 4.69) is 35.5 Å². The Kier molecular flexibility index (Phi) is 7.08. The van der Waals surface area contributed by atoms with Gasteiger partial charge in [0.1, 0.15) is 0 Å². The summed E-state index contributed by atoms with van der Waals surface area (Å²) >= 11 is 0. The van der Waals surface area contributed by atoms with Gasteiger partial charge in [0.15, 0.2) is 5.69 Å². The number of methoxy groups -OCH3 is 1. The standard InChI is InChI=1S/C26H31N3O4/c1-16-14-21(20-7-5-4-6-19(20)17(16)2)25(30)28-22-8-9-23(32-3)29-24(22)26(31)27-15-18-10-12-33-13-11-18/h4-9,14,16-18H,10-13,15H2,1-3H3,(H,27,31)(H,28,30). The maximum atomic E-state index is 13.3. The number of benzene rings is 1. The summed E-state index contributed by atoms with van der Waals surface area (Å²) in [5.41, 5.74) is 3.18. The molecule has 4 rings (SSSR count). The molecule has 174 valence electrons. The molecule has 2 aliphatic rings. The number of pyridine rings is 1. The van der Waals surface area contributed by atoms with Crippen molar-refractivity contribution in [2.24, 2.45) is 11.8 Å². The minimum atomic E-state index is -0.337. The smallest absolute Gasteiger partial charge is 0.272 e. The molecule has 1 saturated heterocycles. The highest BCUT2D eigenvalue weighted by Gasteiger charge is 2.28. The third-order valence-corrected chi connectivity index (χ3v) is 6.64. The fourth-order valence-corrected chi connectivity index (χ4v) is 4.41. The molecule has 1 aliphatic carbocycles. The topological polar surface area (TPSA) is 89.5 Å². The molecule has 1 fully saturated rings. The van der Waals surface area contributed by atoms with E-state index in [9.17, 15) is 9.59 Å². The summed E-state index contributed by atoms with van der Waals surface area (Å²) in [5.74, 6) is 0.638. The van der Waals surface area contributed by atoms with E-state index < -0.39 is 0 Å². The number of hydrogen-bond donors (Lipinski definition) is 2. The first-order valence-corrected chi connectivity index (χ1v) is 11.5. The number of nitrogens with one attached hydrogen (secondary N) is 2. The lowest BCUT2D eigenvalue weighted by Crippen LogP contribution is -2.33. The number of ether oxygens (including phenoxy) is 2. The molecule has 1 aliphatic heterocycles. The summed E-state index contributed by atoms with van der Waals surface area (Å²) in [7, 11) is 1.50. The SMILES string of the molecule is COc1ccc(NC(=O)C2=CC(C)C(C)c3ccccc32)c(C(=O)NCC2CCOCC2)n1. The van der Waals surface area contributed by atoms with Crippen LogP contribution >= 0.6 is 0 Å². The van der Waals surface area contributed by atoms with Gasteiger partial charge in [-0.3, -0.25) is 9.59 Å². The van der Waals surface area contributed by atoms with Crippen molar-refractivity contribution in [1.82, 2.24) is 10.3 Å². The van der Waals surface area contributed by atoms with Crippen LogP contribution in [0.5, 0.6) is 5.88 Å². The van der Waals surface area contributed by atoms with Crippen molar-refractivity contribution in [2.45, 2.75) is 32.6 Å². The van der Waals surface area contributed by atoms with E-state index >= 15 is 0 Å². The van der Waals surface area contributed by atoms with Gasteiger partial charge in [-0.2, -0.15) is 0 Å². The Bertz CT molecular complexity index is 1060. The van der Waals surface area contributed by atoms with E-state index in [1.54, 1.807) is 12.1 Å². The maximum absolute atomic E-state index is 13.3. The van der Waals surface area contributed by atoms with Crippen molar-refractivity contribution < 1.29 is 19.1 Å². The van der Waals surface area contributed by atoms with Gasteiger partial charge in [0.05, 0.1) is 12.8 Å². The Morgan fingerprint density at radius 2 is 1.85 bits per heavy atom. The number of allylic oxidation sites excluding steroid dienone is 1. The molecule has 0 saturated carbocycles. The number of amides is 2. The Morgan fingerprint density at radius 1 is 1.09 bits per heavy atom. The summed E-state index contributed by atoms with van der Waals surface area (Å²) in [6.45, 7) is 6.25. The average Bonchev–Trinajstić information content (AvgIpc) is 2.85. The molecule has 1 aromatic heterocycles. The van der Waals surface area contributed by atoms with Gasteiger partial charge >= 0.3 is 0 Å². The van der Waals surface area contributed by atoms with Crippen LogP contribution < -0.4 is 15.4 Å². The van der Waals surface area contributed by atoms with Crippen molar-refractivity contribution in [3.05, 3.63) is 59.3 Å². The molecule has 7 nitrogen and oxygen atoms in total. The van der Waals surface area contributed by atoms with Gasteiger partial charge in [-0.1, -0.05) is 44.2 Å². The fraction of sp³-hybridized carbons (Fsp3) is 0.423. The van der Waals surface area contributed by atoms with Gasteiger partial charge in [-0.15, -0.1) is 0 Å². The van der Waals surface area contributed by atoms with Crippen LogP contribution in [-0.4, -0.2) is 43.7 Å². The predicted molar refractivity (Wildman–Crippen MR) is 127 cm³/mol. The Hall–Kier alpha value is -3.19. The minimum Gasteiger partial charge on any atom is -0.481 e. The van der Waals surface area contributed by atoms with Crippen molar-refractivity contribution in [3.8, 4) is 5.88 Å². The van der Waals surface area contributed by atoms with Crippen LogP contribution in [0, 0.1) is 11.8 Å². The van der Waals surface area contributed by atoms with Gasteiger partial charge in [-0.05, 0) is 47.8 Å². The van der Waals surface area contributed by atoms with E-state index in [1.807, 2.05) is 24.3 Å². The molecule has 0 spiro atoms. The third-order valence-electron chi connectivity index (χ3n) is 6.64. The fourth-order valence-electron chi connectivity index (χ4n) is 4.41. The normalized spacial score (nSPS) is 20.4. The first-order valence-electron chi connectivity index (χ1n) is 11.5. The number of aromatic nitrogens is 1. The van der Waals surface area contributed by atoms with Crippen LogP contribution in [0.4, 0.5) is 5.69 Å². The number of carbonyl (C=O) groups excluding carboxylic acids is 2. The Labute approximate surface area is 194 Å². The molecular formula is C26H31N3O4. The van der Waals surface area contributed by atoms with E-state index in [0.717, 1.165) is 24.0 Å². The zero-order valence-electron chi connectivity index (χ0n) is 19.4. The zero-order chi connectivity index (χ0) is 23.4. The highest BCUT2D eigenvalue weighted by molar-refractivity contribution is 6.26. The first kappa shape index (κ1) is 23.0. The van der Waals surface area contributed by atoms with Gasteiger partial charge in [0, 0.05) is 31.4 Å². The number of anilines is 1. The molecule has 7 heteroatoms. The minimum absolute atomic E-state index is 0.140. The van der Waals surface area contributed by atoms with Crippen molar-refractivity contribution >= 4 is 23.1 Å². The molecule has 0 bridgehead atoms. The zero-order valence-corrected chi connectivity index (χ0v) is 19.4. The molecule has 0 radical (unpaired) electrons. The van der Waals surface area contributed by atoms with Gasteiger partial charge in [0.25, 0.3) is 11.8 Å². The van der Waals surface area contributed by atoms with Gasteiger partial charge < -0.3 is 20.1 Å². The van der Waals surface area contributed by atoms with Gasteiger partial charge in [0.2, 0.25) is 5.88 Å². The molecule has 33 heavy (non-hydrogen) atoms. The van der Waals surface area contributed by atoms with Crippen LogP contribution in [0.1, 0.15) is 54.2 Å². The molecule has 2 unspecified atom stereocenters. The van der Waals surface area contributed by atoms with Crippen molar-refractivity contribution in [1.29, 1.82) is 0 Å². The number of nitrogens with zero attached hydrogens (tertiary/aromatic N) is 1. The van der Waals surface area contributed by atoms with Crippen LogP contribution in [0.3, 0.4) is 0 Å². The number of carbonyl (C=O) groups is 2. The number of hydrogen-bond acceptors (Lipinski definition) is 5. The number of rotatable bonds is 6. The lowest BCUT2D eigenvalue weighted by Gasteiger charge is -2.27. The predicted octanol–water partition coefficient (Wildman–Crippen LogP) is 4.02. The summed E-state index contributed by atoms with van der Waals surface area (Å²) < 4.78 is 10.6.